The Kier molecular flexibility index (Phi) is 2.45. The van der Waals surface area contributed by atoms with E-state index in [1.165, 1.54) is 0 Å². The van der Waals surface area contributed by atoms with Gasteiger partial charge in [0.05, 0.1) is 0 Å². The van der Waals surface area contributed by atoms with Gasteiger partial charge in [-0.15, -0.1) is 0 Å². The molecule has 1 heterocycles. The van der Waals surface area contributed by atoms with Crippen molar-refractivity contribution in [3.8, 4) is 0 Å². The monoisotopic (exact) mass is 222 g/mol. The molecule has 5 nitrogen and oxygen atoms in total. The second kappa shape index (κ2) is 3.19. The number of carboxylic acids is 1. The second-order valence-electron chi connectivity index (χ2n) is 2.18. The average molecular weight is 223 g/mol. The number of rotatable bonds is 2. The first-order valence-corrected chi connectivity index (χ1v) is 3.77. The largest absolute Gasteiger partial charge is 0.480 e. The van der Waals surface area contributed by atoms with Crippen molar-refractivity contribution in [3.63, 3.8) is 0 Å². The van der Waals surface area contributed by atoms with Gasteiger partial charge in [-0.05, 0) is 15.9 Å². The minimum Gasteiger partial charge on any atom is -0.480 e. The molecule has 1 rings (SSSR count). The first-order chi connectivity index (χ1) is 5.11. The van der Waals surface area contributed by atoms with Crippen LogP contribution in [0.15, 0.2) is 5.16 Å². The minimum absolute atomic E-state index is 0.424. The topological polar surface area (TPSA) is 84.9 Å². The molecule has 0 aromatic heterocycles. The van der Waals surface area contributed by atoms with Crippen LogP contribution in [0, 0.1) is 0 Å². The number of carboxylic acid groups (broad SMARTS) is 1. The van der Waals surface area contributed by atoms with Gasteiger partial charge < -0.3 is 15.7 Å². The molecule has 62 valence electrons. The Bertz CT molecular complexity index is 206. The predicted molar refractivity (Wildman–Crippen MR) is 41.5 cm³/mol. The van der Waals surface area contributed by atoms with Crippen molar-refractivity contribution in [3.05, 3.63) is 0 Å². The Balaban J connectivity index is 2.47. The Morgan fingerprint density at radius 1 is 2.00 bits per heavy atom. The first-order valence-electron chi connectivity index (χ1n) is 2.98. The van der Waals surface area contributed by atoms with Crippen LogP contribution in [0.3, 0.4) is 0 Å². The van der Waals surface area contributed by atoms with Gasteiger partial charge in [-0.2, -0.15) is 0 Å². The predicted octanol–water partition coefficient (Wildman–Crippen LogP) is -0.104. The molecule has 1 aliphatic heterocycles. The maximum atomic E-state index is 10.3. The minimum atomic E-state index is -1.08. The van der Waals surface area contributed by atoms with Crippen LogP contribution in [0.4, 0.5) is 0 Å². The van der Waals surface area contributed by atoms with Crippen molar-refractivity contribution in [2.45, 2.75) is 18.6 Å². The fraction of sp³-hybridized carbons (Fsp3) is 0.600. The summed E-state index contributed by atoms with van der Waals surface area (Å²) in [6.07, 6.45) is -0.116. The fourth-order valence-corrected chi connectivity index (χ4v) is 1.12. The molecule has 0 aliphatic carbocycles. The third-order valence-electron chi connectivity index (χ3n) is 1.34. The molecule has 0 saturated heterocycles. The van der Waals surface area contributed by atoms with E-state index in [9.17, 15) is 4.79 Å². The Morgan fingerprint density at radius 2 is 2.64 bits per heavy atom. The van der Waals surface area contributed by atoms with Crippen molar-refractivity contribution < 1.29 is 14.7 Å². The van der Waals surface area contributed by atoms with Gasteiger partial charge in [-0.3, -0.25) is 4.79 Å². The third-order valence-corrected chi connectivity index (χ3v) is 1.81. The standard InChI is InChI=1S/C5H7BrN2O3/c6-3-1-2(11-8-3)4(7)5(9)10/h2,4H,1,7H2,(H,9,10)/t2-,4+/m1/s1. The van der Waals surface area contributed by atoms with Crippen LogP contribution in [-0.4, -0.2) is 27.8 Å². The Hall–Kier alpha value is -0.620. The van der Waals surface area contributed by atoms with E-state index in [2.05, 4.69) is 21.1 Å². The van der Waals surface area contributed by atoms with E-state index in [4.69, 9.17) is 15.7 Å². The maximum Gasteiger partial charge on any atom is 0.324 e. The number of nitrogens with zero attached hydrogens (tertiary/aromatic N) is 1. The molecule has 0 saturated carbocycles. The molecule has 0 aromatic carbocycles. The van der Waals surface area contributed by atoms with Crippen LogP contribution >= 0.6 is 15.9 Å². The highest BCUT2D eigenvalue weighted by Gasteiger charge is 2.30. The van der Waals surface area contributed by atoms with Crippen molar-refractivity contribution >= 4 is 26.5 Å². The number of aliphatic carboxylic acids is 1. The van der Waals surface area contributed by atoms with Crippen molar-refractivity contribution in [2.24, 2.45) is 10.9 Å². The van der Waals surface area contributed by atoms with Crippen LogP contribution in [0.25, 0.3) is 0 Å². The molecule has 0 fully saturated rings. The quantitative estimate of drug-likeness (QED) is 0.684. The van der Waals surface area contributed by atoms with E-state index in [0.717, 1.165) is 0 Å². The number of nitrogens with two attached hydrogens (primary N) is 1. The summed E-state index contributed by atoms with van der Waals surface area (Å²) >= 11 is 3.07. The van der Waals surface area contributed by atoms with Gasteiger partial charge >= 0.3 is 5.97 Å². The SMILES string of the molecule is N[C@H](C(=O)O)[C@H]1CC(Br)=NO1. The summed E-state index contributed by atoms with van der Waals surface area (Å²) in [6, 6.07) is -1.01. The number of hydrogen-bond donors (Lipinski definition) is 2. The van der Waals surface area contributed by atoms with Crippen LogP contribution in [0.1, 0.15) is 6.42 Å². The lowest BCUT2D eigenvalue weighted by atomic mass is 10.1. The highest BCUT2D eigenvalue weighted by molar-refractivity contribution is 9.18. The second-order valence-corrected chi connectivity index (χ2v) is 3.09. The molecule has 2 atom stereocenters. The molecular formula is C5H7BrN2O3. The molecule has 0 radical (unpaired) electrons. The third kappa shape index (κ3) is 1.90. The summed E-state index contributed by atoms with van der Waals surface area (Å²) in [5, 5.41) is 12.0. The van der Waals surface area contributed by atoms with Gasteiger partial charge in [0, 0.05) is 6.42 Å². The lowest BCUT2D eigenvalue weighted by Crippen LogP contribution is -2.41. The van der Waals surface area contributed by atoms with Crippen LogP contribution in [-0.2, 0) is 9.63 Å². The number of carbonyl (C=O) groups is 1. The fourth-order valence-electron chi connectivity index (χ4n) is 0.717. The van der Waals surface area contributed by atoms with E-state index < -0.39 is 18.1 Å². The van der Waals surface area contributed by atoms with Crippen molar-refractivity contribution in [1.82, 2.24) is 0 Å². The summed E-state index contributed by atoms with van der Waals surface area (Å²) in [5.41, 5.74) is 5.27. The summed E-state index contributed by atoms with van der Waals surface area (Å²) in [7, 11) is 0. The van der Waals surface area contributed by atoms with E-state index in [1.54, 1.807) is 0 Å². The van der Waals surface area contributed by atoms with Crippen LogP contribution in [0.5, 0.6) is 0 Å². The summed E-state index contributed by atoms with van der Waals surface area (Å²) in [5.74, 6) is -1.08. The van der Waals surface area contributed by atoms with Crippen LogP contribution in [0.2, 0.25) is 0 Å². The molecule has 0 aromatic rings. The summed E-state index contributed by atoms with van der Waals surface area (Å²) in [4.78, 5) is 15.0. The van der Waals surface area contributed by atoms with Gasteiger partial charge in [-0.1, -0.05) is 5.16 Å². The molecule has 3 N–H and O–H groups in total. The average Bonchev–Trinajstić information content (AvgIpc) is 2.34. The highest BCUT2D eigenvalue weighted by Crippen LogP contribution is 2.16. The highest BCUT2D eigenvalue weighted by atomic mass is 79.9. The maximum absolute atomic E-state index is 10.3. The molecule has 1 aliphatic rings. The van der Waals surface area contributed by atoms with Crippen LogP contribution < -0.4 is 5.73 Å². The molecule has 0 amide bonds. The zero-order valence-corrected chi connectivity index (χ0v) is 7.11. The van der Waals surface area contributed by atoms with E-state index in [0.29, 0.717) is 11.0 Å². The Morgan fingerprint density at radius 3 is 3.00 bits per heavy atom. The van der Waals surface area contributed by atoms with E-state index in [1.807, 2.05) is 0 Å². The van der Waals surface area contributed by atoms with Gasteiger partial charge in [0.2, 0.25) is 0 Å². The smallest absolute Gasteiger partial charge is 0.324 e. The molecule has 0 unspecified atom stereocenters. The van der Waals surface area contributed by atoms with Gasteiger partial charge in [0.15, 0.2) is 6.10 Å². The lowest BCUT2D eigenvalue weighted by molar-refractivity contribution is -0.141. The van der Waals surface area contributed by atoms with Crippen molar-refractivity contribution in [2.75, 3.05) is 0 Å². The zero-order valence-electron chi connectivity index (χ0n) is 5.53. The summed E-state index contributed by atoms with van der Waals surface area (Å²) in [6.45, 7) is 0. The molecule has 0 spiro atoms. The zero-order chi connectivity index (χ0) is 8.43. The molecule has 6 heteroatoms. The van der Waals surface area contributed by atoms with Gasteiger partial charge in [0.1, 0.15) is 10.7 Å². The number of hydrogen-bond acceptors (Lipinski definition) is 4. The Labute approximate surface area is 71.3 Å². The van der Waals surface area contributed by atoms with E-state index in [-0.39, 0.29) is 0 Å². The lowest BCUT2D eigenvalue weighted by Gasteiger charge is -2.11. The first kappa shape index (κ1) is 8.48. The van der Waals surface area contributed by atoms with Gasteiger partial charge in [-0.25, -0.2) is 0 Å². The van der Waals surface area contributed by atoms with Crippen molar-refractivity contribution in [1.29, 1.82) is 0 Å². The number of halogens is 1. The molecule has 0 bridgehead atoms. The number of oxime groups is 1. The van der Waals surface area contributed by atoms with E-state index >= 15 is 0 Å². The summed E-state index contributed by atoms with van der Waals surface area (Å²) < 4.78 is 0.596. The van der Waals surface area contributed by atoms with Gasteiger partial charge in [0.25, 0.3) is 0 Å². The molecular weight excluding hydrogens is 216 g/mol. The normalized spacial score (nSPS) is 25.6. The molecule has 11 heavy (non-hydrogen) atoms.